The minimum atomic E-state index is -4.09. The van der Waals surface area contributed by atoms with E-state index in [1.807, 2.05) is 25.1 Å². The molecule has 8 nitrogen and oxygen atoms in total. The summed E-state index contributed by atoms with van der Waals surface area (Å²) in [6.45, 7) is 1.32. The van der Waals surface area contributed by atoms with E-state index in [9.17, 15) is 23.3 Å². The van der Waals surface area contributed by atoms with Gasteiger partial charge in [0.05, 0.1) is 14.7 Å². The van der Waals surface area contributed by atoms with Gasteiger partial charge >= 0.3 is 5.97 Å². The molecule has 27 heavy (non-hydrogen) atoms. The number of nitrogens with zero attached hydrogens (tertiary/aromatic N) is 1. The van der Waals surface area contributed by atoms with Gasteiger partial charge in [-0.15, -0.1) is 11.8 Å². The second kappa shape index (κ2) is 8.98. The molecule has 0 saturated heterocycles. The van der Waals surface area contributed by atoms with Crippen molar-refractivity contribution in [3.63, 3.8) is 0 Å². The third-order valence-electron chi connectivity index (χ3n) is 3.71. The molecule has 2 aromatic rings. The maximum Gasteiger partial charge on any atom is 0.321 e. The molecule has 0 atom stereocenters. The Morgan fingerprint density at radius 2 is 1.96 bits per heavy atom. The molecule has 0 aromatic heterocycles. The van der Waals surface area contributed by atoms with Crippen LogP contribution in [0.15, 0.2) is 52.3 Å². The molecule has 144 valence electrons. The fraction of sp³-hybridized carbons (Fsp3) is 0.235. The molecule has 0 amide bonds. The van der Waals surface area contributed by atoms with Crippen molar-refractivity contribution in [1.29, 1.82) is 0 Å². The van der Waals surface area contributed by atoms with E-state index in [1.54, 1.807) is 12.3 Å². The van der Waals surface area contributed by atoms with Gasteiger partial charge in [-0.1, -0.05) is 24.3 Å². The number of esters is 1. The average Bonchev–Trinajstić information content (AvgIpc) is 2.65. The summed E-state index contributed by atoms with van der Waals surface area (Å²) in [4.78, 5) is 22.3. The molecule has 0 unspecified atom stereocenters. The van der Waals surface area contributed by atoms with E-state index in [0.29, 0.717) is 4.90 Å². The van der Waals surface area contributed by atoms with Gasteiger partial charge in [0, 0.05) is 6.07 Å². The molecule has 0 aliphatic carbocycles. The summed E-state index contributed by atoms with van der Waals surface area (Å²) in [7, 11) is -4.09. The SMILES string of the molecule is CSc1ccc(S(=O)(=O)NCC(=O)OCc2ccccc2C)cc1[N+](=O)[O-]. The zero-order valence-corrected chi connectivity index (χ0v) is 16.3. The third-order valence-corrected chi connectivity index (χ3v) is 5.90. The van der Waals surface area contributed by atoms with E-state index in [1.165, 1.54) is 12.1 Å². The lowest BCUT2D eigenvalue weighted by Crippen LogP contribution is -2.30. The van der Waals surface area contributed by atoms with Crippen molar-refractivity contribution in [1.82, 2.24) is 4.72 Å². The number of aryl methyl sites for hydroxylation is 1. The first-order valence-corrected chi connectivity index (χ1v) is 10.5. The highest BCUT2D eigenvalue weighted by Crippen LogP contribution is 2.29. The number of rotatable bonds is 8. The molecule has 10 heteroatoms. The molecule has 0 fully saturated rings. The number of carbonyl (C=O) groups excluding carboxylic acids is 1. The average molecular weight is 410 g/mol. The van der Waals surface area contributed by atoms with Crippen LogP contribution in [0.2, 0.25) is 0 Å². The first-order chi connectivity index (χ1) is 12.7. The third kappa shape index (κ3) is 5.52. The number of nitro groups is 1. The topological polar surface area (TPSA) is 116 Å². The van der Waals surface area contributed by atoms with Gasteiger partial charge in [-0.3, -0.25) is 14.9 Å². The fourth-order valence-corrected chi connectivity index (χ4v) is 3.73. The van der Waals surface area contributed by atoms with Gasteiger partial charge in [0.1, 0.15) is 13.2 Å². The van der Waals surface area contributed by atoms with Gasteiger partial charge in [-0.2, -0.15) is 4.72 Å². The largest absolute Gasteiger partial charge is 0.460 e. The molecule has 1 N–H and O–H groups in total. The molecule has 2 aromatic carbocycles. The minimum Gasteiger partial charge on any atom is -0.460 e. The summed E-state index contributed by atoms with van der Waals surface area (Å²) in [6, 6.07) is 10.9. The zero-order chi connectivity index (χ0) is 20.0. The monoisotopic (exact) mass is 410 g/mol. The number of carbonyl (C=O) groups is 1. The van der Waals surface area contributed by atoms with Crippen molar-refractivity contribution in [2.45, 2.75) is 23.3 Å². The van der Waals surface area contributed by atoms with Crippen LogP contribution in [0.5, 0.6) is 0 Å². The quantitative estimate of drug-likeness (QED) is 0.308. The molecule has 0 heterocycles. The van der Waals surface area contributed by atoms with E-state index in [0.717, 1.165) is 29.0 Å². The number of nitro benzene ring substituents is 1. The highest BCUT2D eigenvalue weighted by molar-refractivity contribution is 7.98. The van der Waals surface area contributed by atoms with Gasteiger partial charge in [-0.25, -0.2) is 8.42 Å². The summed E-state index contributed by atoms with van der Waals surface area (Å²) < 4.78 is 31.7. The Labute approximate surface area is 161 Å². The first kappa shape index (κ1) is 20.9. The van der Waals surface area contributed by atoms with E-state index < -0.39 is 27.5 Å². The van der Waals surface area contributed by atoms with Crippen LogP contribution in [0.3, 0.4) is 0 Å². The Morgan fingerprint density at radius 3 is 2.59 bits per heavy atom. The molecule has 0 bridgehead atoms. The van der Waals surface area contributed by atoms with Crippen molar-refractivity contribution < 1.29 is 22.9 Å². The number of hydrogen-bond donors (Lipinski definition) is 1. The summed E-state index contributed by atoms with van der Waals surface area (Å²) in [5.41, 5.74) is 1.46. The second-order valence-electron chi connectivity index (χ2n) is 5.50. The zero-order valence-electron chi connectivity index (χ0n) is 14.7. The van der Waals surface area contributed by atoms with Crippen molar-refractivity contribution >= 4 is 33.4 Å². The van der Waals surface area contributed by atoms with Crippen LogP contribution in [0, 0.1) is 17.0 Å². The van der Waals surface area contributed by atoms with E-state index >= 15 is 0 Å². The van der Waals surface area contributed by atoms with Crippen LogP contribution in [0.25, 0.3) is 0 Å². The maximum absolute atomic E-state index is 12.3. The molecule has 0 spiro atoms. The molecular weight excluding hydrogens is 392 g/mol. The van der Waals surface area contributed by atoms with Gasteiger partial charge in [0.15, 0.2) is 0 Å². The predicted octanol–water partition coefficient (Wildman–Crippen LogP) is 2.65. The molecule has 2 rings (SSSR count). The Balaban J connectivity index is 2.02. The maximum atomic E-state index is 12.3. The van der Waals surface area contributed by atoms with Crippen molar-refractivity contribution in [3.8, 4) is 0 Å². The molecule has 0 aliphatic rings. The summed E-state index contributed by atoms with van der Waals surface area (Å²) in [5, 5.41) is 11.1. The number of nitrogens with one attached hydrogen (secondary N) is 1. The normalized spacial score (nSPS) is 11.2. The summed E-state index contributed by atoms with van der Waals surface area (Å²) in [6.07, 6.45) is 1.65. The van der Waals surface area contributed by atoms with Crippen LogP contribution in [0.1, 0.15) is 11.1 Å². The molecule has 0 saturated carbocycles. The number of sulfonamides is 1. The number of ether oxygens (including phenoxy) is 1. The van der Waals surface area contributed by atoms with Gasteiger partial charge < -0.3 is 4.74 Å². The predicted molar refractivity (Wildman–Crippen MR) is 101 cm³/mol. The number of thioether (sulfide) groups is 1. The van der Waals surface area contributed by atoms with Crippen LogP contribution in [-0.2, 0) is 26.2 Å². The van der Waals surface area contributed by atoms with Gasteiger partial charge in [0.25, 0.3) is 5.69 Å². The van der Waals surface area contributed by atoms with E-state index in [4.69, 9.17) is 4.74 Å². The van der Waals surface area contributed by atoms with Gasteiger partial charge in [-0.05, 0) is 36.4 Å². The highest BCUT2D eigenvalue weighted by atomic mass is 32.2. The van der Waals surface area contributed by atoms with E-state index in [2.05, 4.69) is 4.72 Å². The standard InChI is InChI=1S/C17H18N2O6S2/c1-12-5-3-4-6-13(12)11-25-17(20)10-18-27(23,24)14-7-8-16(26-2)15(9-14)19(21)22/h3-9,18H,10-11H2,1-2H3. The van der Waals surface area contributed by atoms with Crippen LogP contribution >= 0.6 is 11.8 Å². The highest BCUT2D eigenvalue weighted by Gasteiger charge is 2.22. The number of benzene rings is 2. The van der Waals surface area contributed by atoms with Crippen LogP contribution in [0.4, 0.5) is 5.69 Å². The summed E-state index contributed by atoms with van der Waals surface area (Å²) in [5.74, 6) is -0.753. The summed E-state index contributed by atoms with van der Waals surface area (Å²) >= 11 is 1.14. The Morgan fingerprint density at radius 1 is 1.26 bits per heavy atom. The van der Waals surface area contributed by atoms with Gasteiger partial charge in [0.2, 0.25) is 10.0 Å². The minimum absolute atomic E-state index is 0.0289. The smallest absolute Gasteiger partial charge is 0.321 e. The van der Waals surface area contributed by atoms with Crippen molar-refractivity contribution in [2.75, 3.05) is 12.8 Å². The van der Waals surface area contributed by atoms with Crippen molar-refractivity contribution in [3.05, 3.63) is 63.7 Å². The van der Waals surface area contributed by atoms with Crippen LogP contribution < -0.4 is 4.72 Å². The number of hydrogen-bond acceptors (Lipinski definition) is 7. The lowest BCUT2D eigenvalue weighted by molar-refractivity contribution is -0.387. The molecule has 0 aliphatic heterocycles. The van der Waals surface area contributed by atoms with Crippen molar-refractivity contribution in [2.24, 2.45) is 0 Å². The Hall–Kier alpha value is -2.43. The lowest BCUT2D eigenvalue weighted by Gasteiger charge is -2.09. The second-order valence-corrected chi connectivity index (χ2v) is 8.12. The molecular formula is C17H18N2O6S2. The Kier molecular flexibility index (Phi) is 6.94. The Bertz CT molecular complexity index is 960. The fourth-order valence-electron chi connectivity index (χ4n) is 2.20. The molecule has 0 radical (unpaired) electrons. The van der Waals surface area contributed by atoms with E-state index in [-0.39, 0.29) is 17.2 Å². The first-order valence-electron chi connectivity index (χ1n) is 7.77. The van der Waals surface area contributed by atoms with Crippen LogP contribution in [-0.4, -0.2) is 32.1 Å². The lowest BCUT2D eigenvalue weighted by atomic mass is 10.1.